The summed E-state index contributed by atoms with van der Waals surface area (Å²) in [6.45, 7) is 1.43. The van der Waals surface area contributed by atoms with Gasteiger partial charge in [-0.3, -0.25) is 14.4 Å². The van der Waals surface area contributed by atoms with E-state index in [1.807, 2.05) is 78.9 Å². The number of hydrogen-bond donors (Lipinski definition) is 2. The topological polar surface area (TPSA) is 81.8 Å². The maximum Gasteiger partial charge on any atom is 0.258 e. The number of rotatable bonds is 6. The second-order valence-corrected chi connectivity index (χ2v) is 8.12. The molecule has 7 nitrogen and oxygen atoms in total. The van der Waals surface area contributed by atoms with Crippen LogP contribution >= 0.6 is 0 Å². The highest BCUT2D eigenvalue weighted by molar-refractivity contribution is 6.37. The minimum absolute atomic E-state index is 0.00457. The summed E-state index contributed by atoms with van der Waals surface area (Å²) in [7, 11) is 3.27. The normalized spacial score (nSPS) is 13.6. The van der Waals surface area contributed by atoms with Crippen molar-refractivity contribution in [3.8, 4) is 0 Å². The number of nitrogens with zero attached hydrogens (tertiary/aromatic N) is 2. The van der Waals surface area contributed by atoms with Crippen LogP contribution in [-0.2, 0) is 14.4 Å². The molecule has 0 aromatic heterocycles. The SMILES string of the molecule is CC(=O)N(C)CC(=O)N(C)c1ccc(NC(=C2C(=O)Nc3ccccc32)c2ccccc2)cc1. The number of para-hydroxylation sites is 1. The molecule has 3 amide bonds. The van der Waals surface area contributed by atoms with Gasteiger partial charge >= 0.3 is 0 Å². The molecule has 0 fully saturated rings. The Labute approximate surface area is 198 Å². The van der Waals surface area contributed by atoms with Gasteiger partial charge in [-0.15, -0.1) is 0 Å². The summed E-state index contributed by atoms with van der Waals surface area (Å²) in [5.74, 6) is -0.519. The van der Waals surface area contributed by atoms with Gasteiger partial charge in [-0.05, 0) is 35.9 Å². The van der Waals surface area contributed by atoms with Gasteiger partial charge in [-0.25, -0.2) is 0 Å². The van der Waals surface area contributed by atoms with Gasteiger partial charge in [-0.1, -0.05) is 48.5 Å². The van der Waals surface area contributed by atoms with Crippen LogP contribution in [0.5, 0.6) is 0 Å². The molecule has 3 aromatic carbocycles. The lowest BCUT2D eigenvalue weighted by Gasteiger charge is -2.22. The standard InChI is InChI=1S/C27H26N4O3/c1-18(32)30(2)17-24(33)31(3)21-15-13-20(14-16-21)28-26(19-9-5-4-6-10-19)25-22-11-7-8-12-23(22)29-27(25)34/h4-16,28H,17H2,1-3H3,(H,29,34). The van der Waals surface area contributed by atoms with Crippen molar-refractivity contribution in [2.45, 2.75) is 6.92 Å². The zero-order chi connectivity index (χ0) is 24.2. The average Bonchev–Trinajstić information content (AvgIpc) is 3.18. The Kier molecular flexibility index (Phi) is 6.45. The molecule has 1 heterocycles. The van der Waals surface area contributed by atoms with E-state index in [9.17, 15) is 14.4 Å². The molecular weight excluding hydrogens is 428 g/mol. The van der Waals surface area contributed by atoms with Crippen molar-refractivity contribution in [3.05, 3.63) is 90.0 Å². The molecular formula is C27H26N4O3. The Morgan fingerprint density at radius 2 is 1.53 bits per heavy atom. The van der Waals surface area contributed by atoms with E-state index < -0.39 is 0 Å². The van der Waals surface area contributed by atoms with E-state index in [0.717, 1.165) is 22.5 Å². The molecule has 7 heteroatoms. The third-order valence-electron chi connectivity index (χ3n) is 5.79. The summed E-state index contributed by atoms with van der Waals surface area (Å²) in [5, 5.41) is 6.35. The van der Waals surface area contributed by atoms with Crippen LogP contribution in [0.4, 0.5) is 17.1 Å². The Hall–Kier alpha value is -4.39. The average molecular weight is 455 g/mol. The van der Waals surface area contributed by atoms with Crippen molar-refractivity contribution in [1.82, 2.24) is 4.90 Å². The van der Waals surface area contributed by atoms with Gasteiger partial charge < -0.3 is 20.4 Å². The van der Waals surface area contributed by atoms with Crippen LogP contribution in [0.1, 0.15) is 18.1 Å². The number of likely N-dealkylation sites (N-methyl/N-ethyl adjacent to an activating group) is 2. The summed E-state index contributed by atoms with van der Waals surface area (Å²) in [5.41, 5.74) is 5.25. The van der Waals surface area contributed by atoms with Gasteiger partial charge in [0.15, 0.2) is 0 Å². The van der Waals surface area contributed by atoms with Crippen LogP contribution in [0, 0.1) is 0 Å². The van der Waals surface area contributed by atoms with E-state index >= 15 is 0 Å². The van der Waals surface area contributed by atoms with Crippen molar-refractivity contribution < 1.29 is 14.4 Å². The lowest BCUT2D eigenvalue weighted by molar-refractivity contribution is -0.132. The predicted molar refractivity (Wildman–Crippen MR) is 135 cm³/mol. The van der Waals surface area contributed by atoms with E-state index in [0.29, 0.717) is 17.0 Å². The van der Waals surface area contributed by atoms with E-state index in [1.54, 1.807) is 14.1 Å². The fraction of sp³-hybridized carbons (Fsp3) is 0.148. The first-order valence-electron chi connectivity index (χ1n) is 10.9. The molecule has 0 bridgehead atoms. The van der Waals surface area contributed by atoms with Crippen LogP contribution in [0.2, 0.25) is 0 Å². The van der Waals surface area contributed by atoms with E-state index in [4.69, 9.17) is 0 Å². The molecule has 4 rings (SSSR count). The van der Waals surface area contributed by atoms with Crippen LogP contribution < -0.4 is 15.5 Å². The van der Waals surface area contributed by atoms with Gasteiger partial charge in [0.25, 0.3) is 5.91 Å². The van der Waals surface area contributed by atoms with Crippen LogP contribution in [0.3, 0.4) is 0 Å². The van der Waals surface area contributed by atoms with Gasteiger partial charge in [0.2, 0.25) is 11.8 Å². The molecule has 0 aliphatic carbocycles. The van der Waals surface area contributed by atoms with Gasteiger partial charge in [0, 0.05) is 43.6 Å². The lowest BCUT2D eigenvalue weighted by Crippen LogP contribution is -2.38. The van der Waals surface area contributed by atoms with Gasteiger partial charge in [-0.2, -0.15) is 0 Å². The van der Waals surface area contributed by atoms with Crippen molar-refractivity contribution in [2.24, 2.45) is 0 Å². The Bertz CT molecular complexity index is 1270. The molecule has 0 spiro atoms. The molecule has 0 radical (unpaired) electrons. The number of carbonyl (C=O) groups excluding carboxylic acids is 3. The maximum atomic E-state index is 12.9. The molecule has 0 atom stereocenters. The molecule has 3 aromatic rings. The Morgan fingerprint density at radius 3 is 2.21 bits per heavy atom. The molecule has 0 unspecified atom stereocenters. The number of benzene rings is 3. The fourth-order valence-corrected chi connectivity index (χ4v) is 3.73. The molecule has 172 valence electrons. The highest BCUT2D eigenvalue weighted by atomic mass is 16.2. The van der Waals surface area contributed by atoms with E-state index in [2.05, 4.69) is 10.6 Å². The number of amides is 3. The van der Waals surface area contributed by atoms with Crippen molar-refractivity contribution in [3.63, 3.8) is 0 Å². The van der Waals surface area contributed by atoms with Crippen molar-refractivity contribution >= 4 is 46.1 Å². The number of fused-ring (bicyclic) bond motifs is 1. The Balaban J connectivity index is 1.64. The quantitative estimate of drug-likeness (QED) is 0.551. The first-order chi connectivity index (χ1) is 16.3. The van der Waals surface area contributed by atoms with Crippen LogP contribution in [0.25, 0.3) is 11.3 Å². The highest BCUT2D eigenvalue weighted by Crippen LogP contribution is 2.37. The highest BCUT2D eigenvalue weighted by Gasteiger charge is 2.28. The smallest absolute Gasteiger partial charge is 0.258 e. The maximum absolute atomic E-state index is 12.9. The number of hydrogen-bond acceptors (Lipinski definition) is 4. The number of carbonyl (C=O) groups is 3. The van der Waals surface area contributed by atoms with Gasteiger partial charge in [0.05, 0.1) is 17.8 Å². The molecule has 1 aliphatic heterocycles. The molecule has 2 N–H and O–H groups in total. The van der Waals surface area contributed by atoms with Crippen molar-refractivity contribution in [1.29, 1.82) is 0 Å². The first-order valence-corrected chi connectivity index (χ1v) is 10.9. The molecule has 0 saturated heterocycles. The second kappa shape index (κ2) is 9.62. The minimum Gasteiger partial charge on any atom is -0.354 e. The largest absolute Gasteiger partial charge is 0.354 e. The second-order valence-electron chi connectivity index (χ2n) is 8.12. The zero-order valence-corrected chi connectivity index (χ0v) is 19.3. The first kappa shape index (κ1) is 22.8. The fourth-order valence-electron chi connectivity index (χ4n) is 3.73. The van der Waals surface area contributed by atoms with E-state index in [-0.39, 0.29) is 24.3 Å². The summed E-state index contributed by atoms with van der Waals surface area (Å²) >= 11 is 0. The zero-order valence-electron chi connectivity index (χ0n) is 19.3. The summed E-state index contributed by atoms with van der Waals surface area (Å²) < 4.78 is 0. The lowest BCUT2D eigenvalue weighted by atomic mass is 10.00. The number of nitrogens with one attached hydrogen (secondary N) is 2. The third kappa shape index (κ3) is 4.68. The van der Waals surface area contributed by atoms with E-state index in [1.165, 1.54) is 16.7 Å². The third-order valence-corrected chi connectivity index (χ3v) is 5.79. The molecule has 0 saturated carbocycles. The summed E-state index contributed by atoms with van der Waals surface area (Å²) in [4.78, 5) is 39.7. The molecule has 1 aliphatic rings. The summed E-state index contributed by atoms with van der Waals surface area (Å²) in [6.07, 6.45) is 0. The predicted octanol–water partition coefficient (Wildman–Crippen LogP) is 4.06. The van der Waals surface area contributed by atoms with Crippen molar-refractivity contribution in [2.75, 3.05) is 36.2 Å². The van der Waals surface area contributed by atoms with Crippen LogP contribution in [-0.4, -0.2) is 43.3 Å². The number of anilines is 3. The van der Waals surface area contributed by atoms with Gasteiger partial charge in [0.1, 0.15) is 0 Å². The monoisotopic (exact) mass is 454 g/mol. The summed E-state index contributed by atoms with van der Waals surface area (Å²) in [6, 6.07) is 24.7. The van der Waals surface area contributed by atoms with Crippen LogP contribution in [0.15, 0.2) is 78.9 Å². The Morgan fingerprint density at radius 1 is 0.882 bits per heavy atom. The molecule has 34 heavy (non-hydrogen) atoms. The minimum atomic E-state index is -0.190.